The Balaban J connectivity index is 1.17. The molecule has 3 heterocycles. The second kappa shape index (κ2) is 11.5. The standard InChI is InChI=1S/C42H27N3O2S/c46-37-26-40-34(33-17-7-8-20-39(33)48-40)25-38(37)47-42-44-41-32(18-10-19-36(41)45(42)31-15-5-2-6-16-31)29-13-9-14-30(23-29)35-24-28(21-22-43-35)27-11-3-1-4-12-27/h1-26,46H. The first-order valence-corrected chi connectivity index (χ1v) is 16.5. The molecule has 0 aliphatic carbocycles. The van der Waals surface area contributed by atoms with E-state index in [0.717, 1.165) is 70.4 Å². The number of imidazole rings is 1. The molecule has 48 heavy (non-hydrogen) atoms. The maximum Gasteiger partial charge on any atom is 0.307 e. The van der Waals surface area contributed by atoms with Gasteiger partial charge in [-0.05, 0) is 65.2 Å². The zero-order valence-electron chi connectivity index (χ0n) is 25.6. The van der Waals surface area contributed by atoms with Crippen LogP contribution in [-0.2, 0) is 0 Å². The van der Waals surface area contributed by atoms with Crippen LogP contribution in [0.2, 0.25) is 0 Å². The number of phenolic OH excluding ortho intramolecular Hbond substituents is 1. The first kappa shape index (κ1) is 28.0. The van der Waals surface area contributed by atoms with Gasteiger partial charge in [0.1, 0.15) is 5.52 Å². The van der Waals surface area contributed by atoms with Crippen molar-refractivity contribution < 1.29 is 9.84 Å². The SMILES string of the molecule is Oc1cc2sc3ccccc3c2cc1Oc1nc2c(-c3cccc(-c4cc(-c5ccccc5)ccn4)c3)cccc2n1-c1ccccc1. The summed E-state index contributed by atoms with van der Waals surface area (Å²) < 4.78 is 10.7. The molecule has 6 heteroatoms. The molecule has 0 aliphatic rings. The Morgan fingerprint density at radius 1 is 0.583 bits per heavy atom. The number of ether oxygens (including phenoxy) is 1. The summed E-state index contributed by atoms with van der Waals surface area (Å²) in [5.74, 6) is 0.422. The second-order valence-corrected chi connectivity index (χ2v) is 12.7. The summed E-state index contributed by atoms with van der Waals surface area (Å²) in [6.07, 6.45) is 1.86. The molecular weight excluding hydrogens is 611 g/mol. The van der Waals surface area contributed by atoms with Gasteiger partial charge < -0.3 is 9.84 Å². The van der Waals surface area contributed by atoms with E-state index in [-0.39, 0.29) is 5.75 Å². The quantitative estimate of drug-likeness (QED) is 0.197. The summed E-state index contributed by atoms with van der Waals surface area (Å²) >= 11 is 1.65. The number of nitrogens with zero attached hydrogens (tertiary/aromatic N) is 3. The molecule has 0 radical (unpaired) electrons. The third kappa shape index (κ3) is 4.87. The number of benzene rings is 6. The third-order valence-corrected chi connectivity index (χ3v) is 9.80. The van der Waals surface area contributed by atoms with Gasteiger partial charge in [0.2, 0.25) is 0 Å². The van der Waals surface area contributed by atoms with Crippen LogP contribution in [0.3, 0.4) is 0 Å². The average molecular weight is 638 g/mol. The summed E-state index contributed by atoms with van der Waals surface area (Å²) in [7, 11) is 0. The topological polar surface area (TPSA) is 60.2 Å². The Morgan fingerprint density at radius 2 is 1.33 bits per heavy atom. The normalized spacial score (nSPS) is 11.4. The first-order valence-electron chi connectivity index (χ1n) is 15.7. The number of aromatic hydroxyl groups is 1. The van der Waals surface area contributed by atoms with E-state index in [2.05, 4.69) is 66.7 Å². The Labute approximate surface area is 280 Å². The fraction of sp³-hybridized carbons (Fsp3) is 0. The van der Waals surface area contributed by atoms with Gasteiger partial charge in [-0.1, -0.05) is 97.1 Å². The minimum atomic E-state index is 0.0684. The van der Waals surface area contributed by atoms with Crippen LogP contribution in [0.25, 0.3) is 70.4 Å². The smallest absolute Gasteiger partial charge is 0.307 e. The summed E-state index contributed by atoms with van der Waals surface area (Å²) in [6, 6.07) is 51.5. The molecule has 0 fully saturated rings. The molecule has 9 aromatic rings. The number of hydrogen-bond acceptors (Lipinski definition) is 5. The third-order valence-electron chi connectivity index (χ3n) is 8.66. The average Bonchev–Trinajstić information content (AvgIpc) is 3.70. The summed E-state index contributed by atoms with van der Waals surface area (Å²) in [5, 5.41) is 13.3. The van der Waals surface area contributed by atoms with Gasteiger partial charge in [0.25, 0.3) is 0 Å². The molecular formula is C42H27N3O2S. The molecule has 0 aliphatic heterocycles. The highest BCUT2D eigenvalue weighted by Crippen LogP contribution is 2.43. The lowest BCUT2D eigenvalue weighted by atomic mass is 9.99. The van der Waals surface area contributed by atoms with Crippen molar-refractivity contribution in [1.29, 1.82) is 0 Å². The van der Waals surface area contributed by atoms with Crippen LogP contribution < -0.4 is 4.74 Å². The zero-order chi connectivity index (χ0) is 32.0. The molecule has 0 atom stereocenters. The van der Waals surface area contributed by atoms with E-state index in [1.807, 2.05) is 89.6 Å². The maximum atomic E-state index is 11.1. The van der Waals surface area contributed by atoms with Crippen molar-refractivity contribution in [2.24, 2.45) is 0 Å². The molecule has 0 amide bonds. The van der Waals surface area contributed by atoms with Gasteiger partial charge in [0, 0.05) is 43.6 Å². The Morgan fingerprint density at radius 3 is 2.21 bits per heavy atom. The highest BCUT2D eigenvalue weighted by atomic mass is 32.1. The lowest BCUT2D eigenvalue weighted by molar-refractivity contribution is 0.390. The highest BCUT2D eigenvalue weighted by molar-refractivity contribution is 7.25. The van der Waals surface area contributed by atoms with Gasteiger partial charge in [0.05, 0.1) is 16.9 Å². The molecule has 0 unspecified atom stereocenters. The lowest BCUT2D eigenvalue weighted by Crippen LogP contribution is -1.98. The molecule has 6 aromatic carbocycles. The summed E-state index contributed by atoms with van der Waals surface area (Å²) in [4.78, 5) is 9.82. The monoisotopic (exact) mass is 637 g/mol. The molecule has 228 valence electrons. The number of phenols is 1. The number of aromatic nitrogens is 3. The number of para-hydroxylation sites is 2. The van der Waals surface area contributed by atoms with Crippen molar-refractivity contribution in [2.45, 2.75) is 0 Å². The second-order valence-electron chi connectivity index (χ2n) is 11.6. The number of hydrogen-bond donors (Lipinski definition) is 1. The van der Waals surface area contributed by atoms with E-state index in [1.165, 1.54) is 0 Å². The van der Waals surface area contributed by atoms with Gasteiger partial charge in [-0.2, -0.15) is 4.98 Å². The Bertz CT molecular complexity index is 2610. The van der Waals surface area contributed by atoms with E-state index < -0.39 is 0 Å². The summed E-state index contributed by atoms with van der Waals surface area (Å²) in [6.45, 7) is 0. The predicted octanol–water partition coefficient (Wildman–Crippen LogP) is 11.3. The number of pyridine rings is 1. The number of fused-ring (bicyclic) bond motifs is 4. The molecule has 0 saturated heterocycles. The summed E-state index contributed by atoms with van der Waals surface area (Å²) in [5.41, 5.74) is 8.76. The molecule has 9 rings (SSSR count). The van der Waals surface area contributed by atoms with E-state index in [1.54, 1.807) is 17.4 Å². The van der Waals surface area contributed by atoms with E-state index in [0.29, 0.717) is 11.8 Å². The molecule has 5 nitrogen and oxygen atoms in total. The molecule has 0 spiro atoms. The minimum Gasteiger partial charge on any atom is -0.504 e. The van der Waals surface area contributed by atoms with Gasteiger partial charge in [-0.3, -0.25) is 9.55 Å². The van der Waals surface area contributed by atoms with Gasteiger partial charge in [-0.25, -0.2) is 0 Å². The van der Waals surface area contributed by atoms with Gasteiger partial charge in [-0.15, -0.1) is 11.3 Å². The molecule has 3 aromatic heterocycles. The lowest BCUT2D eigenvalue weighted by Gasteiger charge is -2.11. The zero-order valence-corrected chi connectivity index (χ0v) is 26.4. The highest BCUT2D eigenvalue weighted by Gasteiger charge is 2.20. The van der Waals surface area contributed by atoms with Crippen molar-refractivity contribution in [3.63, 3.8) is 0 Å². The molecule has 0 saturated carbocycles. The Kier molecular flexibility index (Phi) is 6.73. The van der Waals surface area contributed by atoms with Crippen molar-refractivity contribution >= 4 is 42.5 Å². The fourth-order valence-corrected chi connectivity index (χ4v) is 7.49. The van der Waals surface area contributed by atoms with E-state index in [4.69, 9.17) is 14.7 Å². The van der Waals surface area contributed by atoms with E-state index >= 15 is 0 Å². The van der Waals surface area contributed by atoms with E-state index in [9.17, 15) is 5.11 Å². The van der Waals surface area contributed by atoms with Crippen LogP contribution in [0.15, 0.2) is 158 Å². The first-order chi connectivity index (χ1) is 23.7. The predicted molar refractivity (Wildman–Crippen MR) is 196 cm³/mol. The maximum absolute atomic E-state index is 11.1. The van der Waals surface area contributed by atoms with Gasteiger partial charge >= 0.3 is 6.01 Å². The van der Waals surface area contributed by atoms with Gasteiger partial charge in [0.15, 0.2) is 11.5 Å². The van der Waals surface area contributed by atoms with Crippen LogP contribution in [0.5, 0.6) is 17.5 Å². The number of thiophene rings is 1. The molecule has 0 bridgehead atoms. The largest absolute Gasteiger partial charge is 0.504 e. The van der Waals surface area contributed by atoms with Crippen LogP contribution in [0.1, 0.15) is 0 Å². The Hall–Kier alpha value is -6.24. The fourth-order valence-electron chi connectivity index (χ4n) is 6.37. The van der Waals surface area contributed by atoms with Crippen LogP contribution in [0.4, 0.5) is 0 Å². The van der Waals surface area contributed by atoms with Crippen LogP contribution in [0, 0.1) is 0 Å². The van der Waals surface area contributed by atoms with Crippen molar-refractivity contribution in [3.8, 4) is 56.7 Å². The number of rotatable bonds is 6. The van der Waals surface area contributed by atoms with Crippen molar-refractivity contribution in [3.05, 3.63) is 158 Å². The van der Waals surface area contributed by atoms with Crippen LogP contribution in [-0.4, -0.2) is 19.6 Å². The van der Waals surface area contributed by atoms with Crippen molar-refractivity contribution in [2.75, 3.05) is 0 Å². The van der Waals surface area contributed by atoms with Crippen LogP contribution >= 0.6 is 11.3 Å². The minimum absolute atomic E-state index is 0.0684. The van der Waals surface area contributed by atoms with Crippen molar-refractivity contribution in [1.82, 2.24) is 14.5 Å². The molecule has 1 N–H and O–H groups in total.